The molecule has 0 radical (unpaired) electrons. The Morgan fingerprint density at radius 2 is 1.80 bits per heavy atom. The first kappa shape index (κ1) is 13.0. The van der Waals surface area contributed by atoms with Crippen LogP contribution in [-0.4, -0.2) is 23.4 Å². The number of hydrogen-bond donors (Lipinski definition) is 1. The van der Waals surface area contributed by atoms with Gasteiger partial charge < -0.3 is 9.84 Å². The van der Waals surface area contributed by atoms with Crippen LogP contribution in [0.5, 0.6) is 0 Å². The molecule has 1 aliphatic rings. The molecule has 5 atom stereocenters. The van der Waals surface area contributed by atoms with Gasteiger partial charge in [0.15, 0.2) is 0 Å². The van der Waals surface area contributed by atoms with Crippen molar-refractivity contribution in [3.63, 3.8) is 0 Å². The van der Waals surface area contributed by atoms with E-state index in [0.29, 0.717) is 17.9 Å². The van der Waals surface area contributed by atoms with Gasteiger partial charge in [-0.2, -0.15) is 0 Å². The first-order chi connectivity index (χ1) is 7.07. The van der Waals surface area contributed by atoms with Crippen molar-refractivity contribution in [2.24, 2.45) is 11.8 Å². The largest absolute Gasteiger partial charge is 0.393 e. The van der Waals surface area contributed by atoms with Gasteiger partial charge >= 0.3 is 0 Å². The highest BCUT2D eigenvalue weighted by Gasteiger charge is 2.40. The topological polar surface area (TPSA) is 29.5 Å². The van der Waals surface area contributed by atoms with Crippen LogP contribution in [0, 0.1) is 11.8 Å². The summed E-state index contributed by atoms with van der Waals surface area (Å²) in [6.45, 7) is 8.59. The average molecular weight is 214 g/mol. The number of ether oxygens (including phenoxy) is 1. The van der Waals surface area contributed by atoms with Crippen LogP contribution in [0.1, 0.15) is 53.4 Å². The number of unbranched alkanes of at least 4 members (excludes halogenated alkanes) is 2. The monoisotopic (exact) mass is 214 g/mol. The van der Waals surface area contributed by atoms with Crippen LogP contribution in [0.2, 0.25) is 0 Å². The smallest absolute Gasteiger partial charge is 0.0607 e. The zero-order chi connectivity index (χ0) is 11.4. The molecule has 0 spiro atoms. The summed E-state index contributed by atoms with van der Waals surface area (Å²) in [5.74, 6) is 0.813. The molecule has 1 N–H and O–H groups in total. The van der Waals surface area contributed by atoms with Crippen LogP contribution in [0.25, 0.3) is 0 Å². The van der Waals surface area contributed by atoms with Crippen LogP contribution in [0.3, 0.4) is 0 Å². The SMILES string of the molecule is CCCCCC(O)C1C(C)OC(C)C1C. The van der Waals surface area contributed by atoms with Gasteiger partial charge in [0, 0.05) is 5.92 Å². The fourth-order valence-electron chi connectivity index (χ4n) is 2.75. The van der Waals surface area contributed by atoms with Crippen LogP contribution in [0.15, 0.2) is 0 Å². The van der Waals surface area contributed by atoms with Crippen molar-refractivity contribution in [3.8, 4) is 0 Å². The third kappa shape index (κ3) is 3.18. The molecule has 1 fully saturated rings. The molecule has 0 saturated carbocycles. The average Bonchev–Trinajstić information content (AvgIpc) is 2.41. The zero-order valence-corrected chi connectivity index (χ0v) is 10.6. The summed E-state index contributed by atoms with van der Waals surface area (Å²) >= 11 is 0. The molecule has 2 heteroatoms. The van der Waals surface area contributed by atoms with E-state index in [1.54, 1.807) is 0 Å². The van der Waals surface area contributed by atoms with Crippen molar-refractivity contribution in [1.29, 1.82) is 0 Å². The fraction of sp³-hybridized carbons (Fsp3) is 1.00. The number of aliphatic hydroxyl groups excluding tert-OH is 1. The van der Waals surface area contributed by atoms with E-state index >= 15 is 0 Å². The second-order valence-electron chi connectivity index (χ2n) is 5.05. The molecule has 2 nitrogen and oxygen atoms in total. The Morgan fingerprint density at radius 1 is 1.13 bits per heavy atom. The molecule has 1 saturated heterocycles. The van der Waals surface area contributed by atoms with Crippen LogP contribution < -0.4 is 0 Å². The van der Waals surface area contributed by atoms with E-state index in [-0.39, 0.29) is 12.2 Å². The summed E-state index contributed by atoms with van der Waals surface area (Å²) in [4.78, 5) is 0. The Kier molecular flexibility index (Phi) is 5.07. The Hall–Kier alpha value is -0.0800. The van der Waals surface area contributed by atoms with Crippen molar-refractivity contribution >= 4 is 0 Å². The summed E-state index contributed by atoms with van der Waals surface area (Å²) in [6.07, 6.45) is 4.85. The molecule has 15 heavy (non-hydrogen) atoms. The van der Waals surface area contributed by atoms with E-state index in [0.717, 1.165) is 12.8 Å². The van der Waals surface area contributed by atoms with Crippen LogP contribution in [0.4, 0.5) is 0 Å². The standard InChI is InChI=1S/C13H26O2/c1-5-6-7-8-12(14)13-9(2)10(3)15-11(13)4/h9-14H,5-8H2,1-4H3. The Bertz CT molecular complexity index is 181. The predicted molar refractivity (Wildman–Crippen MR) is 62.8 cm³/mol. The van der Waals surface area contributed by atoms with E-state index in [1.807, 2.05) is 0 Å². The van der Waals surface area contributed by atoms with Gasteiger partial charge in [-0.05, 0) is 26.2 Å². The van der Waals surface area contributed by atoms with Crippen molar-refractivity contribution in [1.82, 2.24) is 0 Å². The lowest BCUT2D eigenvalue weighted by Gasteiger charge is -2.24. The first-order valence-corrected chi connectivity index (χ1v) is 6.41. The van der Waals surface area contributed by atoms with Crippen molar-refractivity contribution in [2.75, 3.05) is 0 Å². The van der Waals surface area contributed by atoms with Crippen LogP contribution >= 0.6 is 0 Å². The summed E-state index contributed by atoms with van der Waals surface area (Å²) in [7, 11) is 0. The van der Waals surface area contributed by atoms with E-state index in [1.165, 1.54) is 12.8 Å². The lowest BCUT2D eigenvalue weighted by atomic mass is 9.83. The summed E-state index contributed by atoms with van der Waals surface area (Å²) in [6, 6.07) is 0. The van der Waals surface area contributed by atoms with Gasteiger partial charge in [0.05, 0.1) is 18.3 Å². The Morgan fingerprint density at radius 3 is 2.27 bits per heavy atom. The highest BCUT2D eigenvalue weighted by Crippen LogP contribution is 2.35. The number of hydrogen-bond acceptors (Lipinski definition) is 2. The Labute approximate surface area is 94.0 Å². The molecule has 0 aromatic carbocycles. The van der Waals surface area contributed by atoms with Gasteiger partial charge in [0.1, 0.15) is 0 Å². The van der Waals surface area contributed by atoms with Crippen molar-refractivity contribution in [3.05, 3.63) is 0 Å². The normalized spacial score (nSPS) is 38.2. The maximum absolute atomic E-state index is 10.2. The molecule has 0 aliphatic carbocycles. The third-order valence-corrected chi connectivity index (χ3v) is 3.87. The molecule has 1 heterocycles. The maximum atomic E-state index is 10.2. The zero-order valence-electron chi connectivity index (χ0n) is 10.6. The van der Waals surface area contributed by atoms with E-state index in [2.05, 4.69) is 27.7 Å². The minimum atomic E-state index is -0.175. The van der Waals surface area contributed by atoms with Gasteiger partial charge in [-0.1, -0.05) is 33.1 Å². The molecule has 90 valence electrons. The molecule has 0 bridgehead atoms. The van der Waals surface area contributed by atoms with Crippen molar-refractivity contribution < 1.29 is 9.84 Å². The van der Waals surface area contributed by atoms with Gasteiger partial charge in [-0.3, -0.25) is 0 Å². The lowest BCUT2D eigenvalue weighted by molar-refractivity contribution is 0.0203. The lowest BCUT2D eigenvalue weighted by Crippen LogP contribution is -2.30. The van der Waals surface area contributed by atoms with Gasteiger partial charge in [0.2, 0.25) is 0 Å². The first-order valence-electron chi connectivity index (χ1n) is 6.41. The fourth-order valence-corrected chi connectivity index (χ4v) is 2.75. The third-order valence-electron chi connectivity index (χ3n) is 3.87. The second-order valence-corrected chi connectivity index (χ2v) is 5.05. The number of aliphatic hydroxyl groups is 1. The summed E-state index contributed by atoms with van der Waals surface area (Å²) in [5, 5.41) is 10.2. The molecule has 1 aliphatic heterocycles. The molecule has 5 unspecified atom stereocenters. The summed E-state index contributed by atoms with van der Waals surface area (Å²) < 4.78 is 5.75. The quantitative estimate of drug-likeness (QED) is 0.713. The highest BCUT2D eigenvalue weighted by molar-refractivity contribution is 4.88. The predicted octanol–water partition coefficient (Wildman–Crippen LogP) is 2.99. The molecule has 0 amide bonds. The van der Waals surface area contributed by atoms with Crippen LogP contribution in [-0.2, 0) is 4.74 Å². The van der Waals surface area contributed by atoms with Gasteiger partial charge in [-0.15, -0.1) is 0 Å². The van der Waals surface area contributed by atoms with E-state index in [9.17, 15) is 5.11 Å². The van der Waals surface area contributed by atoms with Crippen molar-refractivity contribution in [2.45, 2.75) is 71.7 Å². The second kappa shape index (κ2) is 5.86. The molecule has 0 aromatic rings. The molecular weight excluding hydrogens is 188 g/mol. The molecule has 0 aromatic heterocycles. The van der Waals surface area contributed by atoms with E-state index in [4.69, 9.17) is 4.74 Å². The van der Waals surface area contributed by atoms with Gasteiger partial charge in [-0.25, -0.2) is 0 Å². The molecule has 1 rings (SSSR count). The van der Waals surface area contributed by atoms with E-state index < -0.39 is 0 Å². The molecular formula is C13H26O2. The Balaban J connectivity index is 2.40. The minimum absolute atomic E-state index is 0.175. The minimum Gasteiger partial charge on any atom is -0.393 e. The number of rotatable bonds is 5. The van der Waals surface area contributed by atoms with Gasteiger partial charge in [0.25, 0.3) is 0 Å². The maximum Gasteiger partial charge on any atom is 0.0607 e. The highest BCUT2D eigenvalue weighted by atomic mass is 16.5. The summed E-state index contributed by atoms with van der Waals surface area (Å²) in [5.41, 5.74) is 0.